The van der Waals surface area contributed by atoms with Crippen molar-refractivity contribution >= 4 is 26.0 Å². The van der Waals surface area contributed by atoms with Gasteiger partial charge < -0.3 is 9.47 Å². The van der Waals surface area contributed by atoms with Crippen LogP contribution in [0.4, 0.5) is 0 Å². The summed E-state index contributed by atoms with van der Waals surface area (Å²) in [6.07, 6.45) is 2.05. The number of pyridine rings is 1. The molecule has 6 nitrogen and oxygen atoms in total. The topological polar surface area (TPSA) is 68.7 Å². The molecule has 1 aromatic carbocycles. The lowest BCUT2D eigenvalue weighted by molar-refractivity contribution is 0.205. The largest absolute Gasteiger partial charge is 0.494 e. The molecule has 0 amide bonds. The minimum Gasteiger partial charge on any atom is -0.494 e. The molecule has 1 saturated heterocycles. The number of ether oxygens (including phenoxy) is 2. The van der Waals surface area contributed by atoms with Crippen molar-refractivity contribution in [3.05, 3.63) is 47.1 Å². The van der Waals surface area contributed by atoms with Crippen LogP contribution >= 0.6 is 15.9 Å². The van der Waals surface area contributed by atoms with Crippen molar-refractivity contribution in [2.24, 2.45) is 0 Å². The summed E-state index contributed by atoms with van der Waals surface area (Å²) in [7, 11) is -3.54. The van der Waals surface area contributed by atoms with Gasteiger partial charge in [0.1, 0.15) is 11.9 Å². The normalized spacial score (nSPS) is 18.2. The van der Waals surface area contributed by atoms with Crippen molar-refractivity contribution in [1.82, 2.24) is 9.29 Å². The van der Waals surface area contributed by atoms with E-state index in [1.165, 1.54) is 4.31 Å². The van der Waals surface area contributed by atoms with E-state index in [1.54, 1.807) is 36.5 Å². The van der Waals surface area contributed by atoms with Crippen molar-refractivity contribution < 1.29 is 17.9 Å². The van der Waals surface area contributed by atoms with Crippen LogP contribution in [-0.4, -0.2) is 43.5 Å². The molecule has 0 N–H and O–H groups in total. The van der Waals surface area contributed by atoms with Crippen LogP contribution < -0.4 is 9.47 Å². The summed E-state index contributed by atoms with van der Waals surface area (Å²) in [6, 6.07) is 10.1. The quantitative estimate of drug-likeness (QED) is 0.709. The average molecular weight is 427 g/mol. The Morgan fingerprint density at radius 3 is 2.72 bits per heavy atom. The molecule has 25 heavy (non-hydrogen) atoms. The number of nitrogens with zero attached hydrogens (tertiary/aromatic N) is 2. The molecule has 0 bridgehead atoms. The van der Waals surface area contributed by atoms with E-state index in [0.717, 1.165) is 4.47 Å². The molecule has 0 aliphatic carbocycles. The van der Waals surface area contributed by atoms with Crippen LogP contribution in [0.25, 0.3) is 0 Å². The van der Waals surface area contributed by atoms with E-state index in [9.17, 15) is 8.42 Å². The van der Waals surface area contributed by atoms with Crippen LogP contribution in [0.15, 0.2) is 52.0 Å². The van der Waals surface area contributed by atoms with Gasteiger partial charge in [0.05, 0.1) is 22.5 Å². The van der Waals surface area contributed by atoms with E-state index in [1.807, 2.05) is 13.0 Å². The van der Waals surface area contributed by atoms with Crippen LogP contribution in [0.1, 0.15) is 13.3 Å². The summed E-state index contributed by atoms with van der Waals surface area (Å²) in [5, 5.41) is 0. The smallest absolute Gasteiger partial charge is 0.243 e. The number of halogens is 1. The number of sulfonamides is 1. The third kappa shape index (κ3) is 4.13. The third-order valence-corrected chi connectivity index (χ3v) is 6.37. The Hall–Kier alpha value is -1.64. The summed E-state index contributed by atoms with van der Waals surface area (Å²) >= 11 is 3.38. The Labute approximate surface area is 156 Å². The molecular weight excluding hydrogens is 408 g/mol. The monoisotopic (exact) mass is 426 g/mol. The molecule has 2 aromatic rings. The van der Waals surface area contributed by atoms with Crippen LogP contribution in [0.2, 0.25) is 0 Å². The highest BCUT2D eigenvalue weighted by Gasteiger charge is 2.34. The molecule has 1 unspecified atom stereocenters. The second-order valence-electron chi connectivity index (χ2n) is 5.59. The van der Waals surface area contributed by atoms with E-state index in [-0.39, 0.29) is 11.0 Å². The third-order valence-electron chi connectivity index (χ3n) is 3.88. The molecule has 0 radical (unpaired) electrons. The summed E-state index contributed by atoms with van der Waals surface area (Å²) in [4.78, 5) is 4.42. The van der Waals surface area contributed by atoms with Gasteiger partial charge >= 0.3 is 0 Å². The molecule has 0 saturated carbocycles. The van der Waals surface area contributed by atoms with Gasteiger partial charge in [-0.05, 0) is 65.7 Å². The number of aromatic nitrogens is 1. The highest BCUT2D eigenvalue weighted by molar-refractivity contribution is 9.10. The fraction of sp³-hybridized carbons (Fsp3) is 0.353. The number of benzene rings is 1. The summed E-state index contributed by atoms with van der Waals surface area (Å²) in [6.45, 7) is 3.15. The molecule has 2 heterocycles. The summed E-state index contributed by atoms with van der Waals surface area (Å²) in [5.74, 6) is 1.14. The summed E-state index contributed by atoms with van der Waals surface area (Å²) in [5.41, 5.74) is 0. The molecule has 1 aromatic heterocycles. The minimum atomic E-state index is -3.54. The predicted molar refractivity (Wildman–Crippen MR) is 97.3 cm³/mol. The van der Waals surface area contributed by atoms with Gasteiger partial charge in [-0.25, -0.2) is 13.4 Å². The Morgan fingerprint density at radius 1 is 1.28 bits per heavy atom. The van der Waals surface area contributed by atoms with Crippen molar-refractivity contribution in [3.8, 4) is 11.6 Å². The van der Waals surface area contributed by atoms with Crippen molar-refractivity contribution in [2.75, 3.05) is 19.7 Å². The van der Waals surface area contributed by atoms with Crippen LogP contribution in [-0.2, 0) is 10.0 Å². The molecule has 3 rings (SSSR count). The van der Waals surface area contributed by atoms with E-state index in [0.29, 0.717) is 37.7 Å². The summed E-state index contributed by atoms with van der Waals surface area (Å²) < 4.78 is 38.9. The van der Waals surface area contributed by atoms with Crippen LogP contribution in [0.5, 0.6) is 11.6 Å². The van der Waals surface area contributed by atoms with Crippen molar-refractivity contribution in [2.45, 2.75) is 24.3 Å². The Kier molecular flexibility index (Phi) is 5.61. The van der Waals surface area contributed by atoms with Gasteiger partial charge in [0, 0.05) is 12.7 Å². The zero-order valence-corrected chi connectivity index (χ0v) is 16.2. The average Bonchev–Trinajstić information content (AvgIpc) is 3.07. The standard InChI is InChI=1S/C17H19BrN2O4S/c1-2-23-13-5-7-15(8-6-13)25(21,22)20-11-9-14(12-20)24-17-16(18)4-3-10-19-17/h3-8,10,14H,2,9,11-12H2,1H3. The van der Waals surface area contributed by atoms with Crippen LogP contribution in [0, 0.1) is 0 Å². The highest BCUT2D eigenvalue weighted by atomic mass is 79.9. The number of rotatable bonds is 6. The SMILES string of the molecule is CCOc1ccc(S(=O)(=O)N2CCC(Oc3ncccc3Br)C2)cc1. The second kappa shape index (κ2) is 7.72. The van der Waals surface area contributed by atoms with Gasteiger partial charge in [0.25, 0.3) is 0 Å². The molecule has 1 fully saturated rings. The maximum Gasteiger partial charge on any atom is 0.243 e. The lowest BCUT2D eigenvalue weighted by Crippen LogP contribution is -2.31. The molecule has 1 atom stereocenters. The fourth-order valence-electron chi connectivity index (χ4n) is 2.65. The van der Waals surface area contributed by atoms with Gasteiger partial charge in [-0.1, -0.05) is 0 Å². The maximum atomic E-state index is 12.8. The second-order valence-corrected chi connectivity index (χ2v) is 8.38. The van der Waals surface area contributed by atoms with Crippen molar-refractivity contribution in [1.29, 1.82) is 0 Å². The van der Waals surface area contributed by atoms with Crippen LogP contribution in [0.3, 0.4) is 0 Å². The van der Waals surface area contributed by atoms with E-state index in [2.05, 4.69) is 20.9 Å². The van der Waals surface area contributed by atoms with Gasteiger partial charge in [-0.15, -0.1) is 0 Å². The first-order valence-corrected chi connectivity index (χ1v) is 10.2. The molecular formula is C17H19BrN2O4S. The first-order chi connectivity index (χ1) is 12.0. The zero-order valence-electron chi connectivity index (χ0n) is 13.8. The molecule has 0 spiro atoms. The van der Waals surface area contributed by atoms with Gasteiger partial charge in [-0.2, -0.15) is 4.31 Å². The number of hydrogen-bond donors (Lipinski definition) is 0. The predicted octanol–water partition coefficient (Wildman–Crippen LogP) is 3.08. The molecule has 8 heteroatoms. The number of hydrogen-bond acceptors (Lipinski definition) is 5. The maximum absolute atomic E-state index is 12.8. The van der Waals surface area contributed by atoms with E-state index < -0.39 is 10.0 Å². The minimum absolute atomic E-state index is 0.219. The zero-order chi connectivity index (χ0) is 17.9. The highest BCUT2D eigenvalue weighted by Crippen LogP contribution is 2.27. The first-order valence-electron chi connectivity index (χ1n) is 8.01. The molecule has 1 aliphatic heterocycles. The van der Waals surface area contributed by atoms with E-state index in [4.69, 9.17) is 9.47 Å². The van der Waals surface area contributed by atoms with Gasteiger partial charge in [0.2, 0.25) is 15.9 Å². The van der Waals surface area contributed by atoms with E-state index >= 15 is 0 Å². The van der Waals surface area contributed by atoms with Gasteiger partial charge in [0.15, 0.2) is 0 Å². The fourth-order valence-corrected chi connectivity index (χ4v) is 4.49. The molecule has 134 valence electrons. The first kappa shape index (κ1) is 18.2. The molecule has 1 aliphatic rings. The van der Waals surface area contributed by atoms with Crippen molar-refractivity contribution in [3.63, 3.8) is 0 Å². The Morgan fingerprint density at radius 2 is 2.04 bits per heavy atom. The lowest BCUT2D eigenvalue weighted by Gasteiger charge is -2.17. The Bertz CT molecular complexity index is 827. The Balaban J connectivity index is 1.69. The lowest BCUT2D eigenvalue weighted by atomic mass is 10.3. The van der Waals surface area contributed by atoms with Gasteiger partial charge in [-0.3, -0.25) is 0 Å².